The Balaban J connectivity index is 4.04. The molecule has 1 amide bonds. The minimum Gasteiger partial charge on any atom is -0.388 e. The number of rotatable bonds is 2. The van der Waals surface area contributed by atoms with Crippen LogP contribution in [0.5, 0.6) is 0 Å². The van der Waals surface area contributed by atoms with Gasteiger partial charge in [0.15, 0.2) is 0 Å². The summed E-state index contributed by atoms with van der Waals surface area (Å²) in [4.78, 5) is 10.3. The van der Waals surface area contributed by atoms with Gasteiger partial charge in [0, 0.05) is 0 Å². The zero-order valence-corrected chi connectivity index (χ0v) is 5.59. The Hall–Kier alpha value is -0.610. The minimum atomic E-state index is -1.22. The first kappa shape index (κ1) is 8.39. The van der Waals surface area contributed by atoms with Crippen molar-refractivity contribution in [2.75, 3.05) is 0 Å². The van der Waals surface area contributed by atoms with Gasteiger partial charge in [-0.05, 0) is 13.8 Å². The van der Waals surface area contributed by atoms with Crippen LogP contribution in [0.1, 0.15) is 13.8 Å². The maximum Gasteiger partial charge on any atom is 0.237 e. The molecule has 54 valence electrons. The van der Waals surface area contributed by atoms with Gasteiger partial charge in [-0.3, -0.25) is 4.79 Å². The van der Waals surface area contributed by atoms with Gasteiger partial charge in [0.2, 0.25) is 5.91 Å². The van der Waals surface area contributed by atoms with Crippen LogP contribution in [0.4, 0.5) is 0 Å². The van der Waals surface area contributed by atoms with Crippen LogP contribution in [0.2, 0.25) is 0 Å². The normalized spacial score (nSPS) is 15.1. The molecule has 0 aromatic rings. The average molecular weight is 132 g/mol. The van der Waals surface area contributed by atoms with Gasteiger partial charge in [-0.1, -0.05) is 0 Å². The first-order valence-electron chi connectivity index (χ1n) is 2.63. The van der Waals surface area contributed by atoms with Gasteiger partial charge in [0.05, 0.1) is 5.60 Å². The summed E-state index contributed by atoms with van der Waals surface area (Å²) in [6.45, 7) is 2.87. The summed E-state index contributed by atoms with van der Waals surface area (Å²) in [7, 11) is 0. The molecule has 0 saturated carbocycles. The SMILES string of the molecule is CC(C)(O)[C@@H](N)C(N)=O. The molecule has 0 spiro atoms. The molecule has 0 aromatic heterocycles. The van der Waals surface area contributed by atoms with Crippen LogP contribution >= 0.6 is 0 Å². The molecule has 0 radical (unpaired) electrons. The van der Waals surface area contributed by atoms with E-state index in [1.165, 1.54) is 13.8 Å². The summed E-state index contributed by atoms with van der Waals surface area (Å²) < 4.78 is 0. The Morgan fingerprint density at radius 3 is 2.00 bits per heavy atom. The Labute approximate surface area is 53.8 Å². The van der Waals surface area contributed by atoms with Crippen molar-refractivity contribution in [2.45, 2.75) is 25.5 Å². The van der Waals surface area contributed by atoms with Crippen LogP contribution in [0.25, 0.3) is 0 Å². The number of hydrogen-bond acceptors (Lipinski definition) is 3. The van der Waals surface area contributed by atoms with E-state index in [9.17, 15) is 4.79 Å². The monoisotopic (exact) mass is 132 g/mol. The molecule has 0 heterocycles. The minimum absolute atomic E-state index is 0.692. The van der Waals surface area contributed by atoms with E-state index in [0.29, 0.717) is 0 Å². The molecule has 0 saturated heterocycles. The number of carbonyl (C=O) groups excluding carboxylic acids is 1. The highest BCUT2D eigenvalue weighted by atomic mass is 16.3. The lowest BCUT2D eigenvalue weighted by molar-refractivity contribution is -0.123. The largest absolute Gasteiger partial charge is 0.388 e. The smallest absolute Gasteiger partial charge is 0.237 e. The molecule has 0 bridgehead atoms. The number of amides is 1. The van der Waals surface area contributed by atoms with E-state index >= 15 is 0 Å². The van der Waals surface area contributed by atoms with Gasteiger partial charge in [-0.25, -0.2) is 0 Å². The second-order valence-electron chi connectivity index (χ2n) is 2.53. The third-order valence-corrected chi connectivity index (χ3v) is 1.07. The van der Waals surface area contributed by atoms with Gasteiger partial charge in [0.1, 0.15) is 6.04 Å². The molecule has 5 N–H and O–H groups in total. The number of nitrogens with two attached hydrogens (primary N) is 2. The predicted molar refractivity (Wildman–Crippen MR) is 33.5 cm³/mol. The summed E-state index contributed by atoms with van der Waals surface area (Å²) in [6.07, 6.45) is 0. The van der Waals surface area contributed by atoms with Crippen molar-refractivity contribution in [3.63, 3.8) is 0 Å². The molecular weight excluding hydrogens is 120 g/mol. The van der Waals surface area contributed by atoms with Crippen molar-refractivity contribution in [1.29, 1.82) is 0 Å². The van der Waals surface area contributed by atoms with E-state index in [-0.39, 0.29) is 0 Å². The molecule has 0 aromatic carbocycles. The van der Waals surface area contributed by atoms with Crippen LogP contribution in [-0.2, 0) is 4.79 Å². The van der Waals surface area contributed by atoms with Crippen molar-refractivity contribution >= 4 is 5.91 Å². The van der Waals surface area contributed by atoms with E-state index in [1.54, 1.807) is 0 Å². The quantitative estimate of drug-likeness (QED) is 0.430. The Bertz CT molecular complexity index is 117. The number of carbonyl (C=O) groups is 1. The molecule has 9 heavy (non-hydrogen) atoms. The summed E-state index contributed by atoms with van der Waals surface area (Å²) in [5.41, 5.74) is 8.75. The van der Waals surface area contributed by atoms with Gasteiger partial charge in [0.25, 0.3) is 0 Å². The first-order valence-corrected chi connectivity index (χ1v) is 2.63. The molecule has 0 aliphatic rings. The van der Waals surface area contributed by atoms with Crippen molar-refractivity contribution in [1.82, 2.24) is 0 Å². The Kier molecular flexibility index (Phi) is 2.17. The molecule has 4 nitrogen and oxygen atoms in total. The van der Waals surface area contributed by atoms with Crippen LogP contribution < -0.4 is 11.5 Å². The summed E-state index contributed by atoms with van der Waals surface area (Å²) >= 11 is 0. The third-order valence-electron chi connectivity index (χ3n) is 1.07. The molecule has 1 atom stereocenters. The van der Waals surface area contributed by atoms with Crippen molar-refractivity contribution in [3.05, 3.63) is 0 Å². The Morgan fingerprint density at radius 2 is 2.00 bits per heavy atom. The zero-order chi connectivity index (χ0) is 7.65. The van der Waals surface area contributed by atoms with Crippen LogP contribution in [0.3, 0.4) is 0 Å². The first-order chi connectivity index (χ1) is 3.85. The number of primary amides is 1. The van der Waals surface area contributed by atoms with Gasteiger partial charge >= 0.3 is 0 Å². The zero-order valence-electron chi connectivity index (χ0n) is 5.59. The van der Waals surface area contributed by atoms with E-state index in [1.807, 2.05) is 0 Å². The van der Waals surface area contributed by atoms with Crippen molar-refractivity contribution in [3.8, 4) is 0 Å². The lowest BCUT2D eigenvalue weighted by Gasteiger charge is -2.21. The average Bonchev–Trinajstić information content (AvgIpc) is 1.62. The number of aliphatic hydroxyl groups is 1. The molecule has 0 unspecified atom stereocenters. The fourth-order valence-electron chi connectivity index (χ4n) is 0.348. The van der Waals surface area contributed by atoms with Crippen LogP contribution in [0, 0.1) is 0 Å². The van der Waals surface area contributed by atoms with E-state index in [2.05, 4.69) is 0 Å². The van der Waals surface area contributed by atoms with Gasteiger partial charge < -0.3 is 16.6 Å². The molecule has 0 fully saturated rings. The summed E-state index contributed by atoms with van der Waals surface area (Å²) in [5.74, 6) is -0.692. The second kappa shape index (κ2) is 2.33. The standard InChI is InChI=1S/C5H12N2O2/c1-5(2,9)3(6)4(7)8/h3,9H,6H2,1-2H3,(H2,7,8)/t3-/m0/s1. The topological polar surface area (TPSA) is 89.3 Å². The third kappa shape index (κ3) is 2.43. The van der Waals surface area contributed by atoms with Crippen LogP contribution in [-0.4, -0.2) is 22.7 Å². The fraction of sp³-hybridized carbons (Fsp3) is 0.800. The van der Waals surface area contributed by atoms with E-state index < -0.39 is 17.6 Å². The highest BCUT2D eigenvalue weighted by Crippen LogP contribution is 2.04. The van der Waals surface area contributed by atoms with Crippen molar-refractivity contribution < 1.29 is 9.90 Å². The molecule has 0 aliphatic heterocycles. The Morgan fingerprint density at radius 1 is 1.67 bits per heavy atom. The highest BCUT2D eigenvalue weighted by Gasteiger charge is 2.27. The second-order valence-corrected chi connectivity index (χ2v) is 2.53. The van der Waals surface area contributed by atoms with Crippen LogP contribution in [0.15, 0.2) is 0 Å². The van der Waals surface area contributed by atoms with E-state index in [4.69, 9.17) is 16.6 Å². The maximum absolute atomic E-state index is 10.3. The summed E-state index contributed by atoms with van der Waals surface area (Å²) in [5, 5.41) is 9.03. The lowest BCUT2D eigenvalue weighted by Crippen LogP contribution is -2.51. The molecule has 0 aliphatic carbocycles. The van der Waals surface area contributed by atoms with Crippen molar-refractivity contribution in [2.24, 2.45) is 11.5 Å². The summed E-state index contributed by atoms with van der Waals surface area (Å²) in [6, 6.07) is -0.988. The highest BCUT2D eigenvalue weighted by molar-refractivity contribution is 5.80. The fourth-order valence-corrected chi connectivity index (χ4v) is 0.348. The maximum atomic E-state index is 10.3. The lowest BCUT2D eigenvalue weighted by atomic mass is 10.00. The molecular formula is C5H12N2O2. The van der Waals surface area contributed by atoms with Gasteiger partial charge in [-0.15, -0.1) is 0 Å². The molecule has 4 heteroatoms. The number of hydrogen-bond donors (Lipinski definition) is 3. The van der Waals surface area contributed by atoms with E-state index in [0.717, 1.165) is 0 Å². The predicted octanol–water partition coefficient (Wildman–Crippen LogP) is -1.43. The van der Waals surface area contributed by atoms with Gasteiger partial charge in [-0.2, -0.15) is 0 Å². The molecule has 0 rings (SSSR count).